The van der Waals surface area contributed by atoms with Crippen molar-refractivity contribution < 1.29 is 13.2 Å². The third-order valence-electron chi connectivity index (χ3n) is 3.48. The molecule has 134 valence electrons. The van der Waals surface area contributed by atoms with Crippen molar-refractivity contribution in [3.05, 3.63) is 70.3 Å². The van der Waals surface area contributed by atoms with Crippen LogP contribution in [0, 0.1) is 3.57 Å². The van der Waals surface area contributed by atoms with E-state index in [0.29, 0.717) is 5.88 Å². The highest BCUT2D eigenvalue weighted by molar-refractivity contribution is 14.1. The number of halogens is 1. The largest absolute Gasteiger partial charge is 0.475 e. The normalized spacial score (nSPS) is 11.3. The minimum atomic E-state index is -3.54. The van der Waals surface area contributed by atoms with Crippen molar-refractivity contribution in [1.82, 2.24) is 14.9 Å². The van der Waals surface area contributed by atoms with Gasteiger partial charge in [0.1, 0.15) is 6.61 Å². The average molecular weight is 481 g/mol. The maximum absolute atomic E-state index is 12.2. The summed E-state index contributed by atoms with van der Waals surface area (Å²) in [7, 11) is -3.54. The summed E-state index contributed by atoms with van der Waals surface area (Å²) in [6, 6.07) is 19.8. The van der Waals surface area contributed by atoms with Crippen LogP contribution in [-0.2, 0) is 10.0 Å². The van der Waals surface area contributed by atoms with Crippen molar-refractivity contribution in [2.75, 3.05) is 13.2 Å². The van der Waals surface area contributed by atoms with E-state index in [2.05, 4.69) is 37.5 Å². The summed E-state index contributed by atoms with van der Waals surface area (Å²) < 4.78 is 33.2. The predicted molar refractivity (Wildman–Crippen MR) is 107 cm³/mol. The summed E-state index contributed by atoms with van der Waals surface area (Å²) in [5, 5.41) is 8.12. The molecule has 0 aliphatic heterocycles. The maximum Gasteiger partial charge on any atom is 0.240 e. The van der Waals surface area contributed by atoms with Gasteiger partial charge in [-0.2, -0.15) is 0 Å². The Balaban J connectivity index is 1.51. The lowest BCUT2D eigenvalue weighted by Gasteiger charge is -2.08. The molecule has 0 saturated heterocycles. The molecule has 1 N–H and O–H groups in total. The molecule has 0 unspecified atom stereocenters. The summed E-state index contributed by atoms with van der Waals surface area (Å²) in [5.41, 5.74) is 1.72. The van der Waals surface area contributed by atoms with Gasteiger partial charge in [-0.1, -0.05) is 30.3 Å². The Hall–Kier alpha value is -2.04. The second-order valence-corrected chi connectivity index (χ2v) is 8.34. The first-order valence-corrected chi connectivity index (χ1v) is 10.4. The van der Waals surface area contributed by atoms with Gasteiger partial charge in [0, 0.05) is 21.7 Å². The second-order valence-electron chi connectivity index (χ2n) is 5.32. The summed E-state index contributed by atoms with van der Waals surface area (Å²) in [6.45, 7) is 0.291. The summed E-state index contributed by atoms with van der Waals surface area (Å²) >= 11 is 2.12. The first-order chi connectivity index (χ1) is 12.5. The zero-order valence-electron chi connectivity index (χ0n) is 13.7. The van der Waals surface area contributed by atoms with Crippen molar-refractivity contribution in [3.63, 3.8) is 0 Å². The van der Waals surface area contributed by atoms with E-state index in [0.717, 1.165) is 14.8 Å². The lowest BCUT2D eigenvalue weighted by Crippen LogP contribution is -2.28. The van der Waals surface area contributed by atoms with Crippen molar-refractivity contribution >= 4 is 32.6 Å². The Morgan fingerprint density at radius 1 is 0.923 bits per heavy atom. The van der Waals surface area contributed by atoms with Gasteiger partial charge < -0.3 is 4.74 Å². The molecule has 2 aromatic carbocycles. The molecule has 0 bridgehead atoms. The highest BCUT2D eigenvalue weighted by Gasteiger charge is 2.13. The fraction of sp³-hybridized carbons (Fsp3) is 0.111. The molecule has 0 aliphatic carbocycles. The monoisotopic (exact) mass is 481 g/mol. The van der Waals surface area contributed by atoms with Gasteiger partial charge >= 0.3 is 0 Å². The van der Waals surface area contributed by atoms with E-state index < -0.39 is 10.0 Å². The van der Waals surface area contributed by atoms with Crippen LogP contribution in [-0.4, -0.2) is 31.8 Å². The highest BCUT2D eigenvalue weighted by Crippen LogP contribution is 2.17. The molecule has 0 spiro atoms. The quantitative estimate of drug-likeness (QED) is 0.415. The Bertz CT molecular complexity index is 947. The molecule has 1 heterocycles. The zero-order valence-corrected chi connectivity index (χ0v) is 16.6. The van der Waals surface area contributed by atoms with Gasteiger partial charge in [-0.3, -0.25) is 0 Å². The van der Waals surface area contributed by atoms with E-state index in [1.54, 1.807) is 30.3 Å². The smallest absolute Gasteiger partial charge is 0.240 e. The fourth-order valence-corrected chi connectivity index (χ4v) is 3.56. The Morgan fingerprint density at radius 2 is 1.65 bits per heavy atom. The Kier molecular flexibility index (Phi) is 6.17. The molecule has 3 aromatic rings. The van der Waals surface area contributed by atoms with Gasteiger partial charge in [-0.05, 0) is 52.9 Å². The third-order valence-corrected chi connectivity index (χ3v) is 5.67. The number of hydrogen-bond donors (Lipinski definition) is 1. The van der Waals surface area contributed by atoms with Crippen LogP contribution in [0.5, 0.6) is 5.88 Å². The van der Waals surface area contributed by atoms with E-state index in [1.165, 1.54) is 0 Å². The van der Waals surface area contributed by atoms with Crippen LogP contribution in [0.3, 0.4) is 0 Å². The van der Waals surface area contributed by atoms with Gasteiger partial charge in [0.05, 0.1) is 10.6 Å². The van der Waals surface area contributed by atoms with E-state index >= 15 is 0 Å². The average Bonchev–Trinajstić information content (AvgIpc) is 2.67. The van der Waals surface area contributed by atoms with Crippen LogP contribution in [0.25, 0.3) is 11.3 Å². The molecule has 8 heteroatoms. The number of ether oxygens (including phenoxy) is 1. The van der Waals surface area contributed by atoms with E-state index in [-0.39, 0.29) is 18.0 Å². The second kappa shape index (κ2) is 8.56. The first kappa shape index (κ1) is 18.7. The minimum Gasteiger partial charge on any atom is -0.475 e. The number of benzene rings is 2. The molecule has 0 radical (unpaired) electrons. The number of sulfonamides is 1. The van der Waals surface area contributed by atoms with Gasteiger partial charge in [-0.15, -0.1) is 10.2 Å². The Labute approximate surface area is 165 Å². The SMILES string of the molecule is O=S(=O)(NCCOc1ccc(-c2ccccc2)nn1)c1ccc(I)cc1. The minimum absolute atomic E-state index is 0.135. The maximum atomic E-state index is 12.2. The number of hydrogen-bond acceptors (Lipinski definition) is 5. The summed E-state index contributed by atoms with van der Waals surface area (Å²) in [6.07, 6.45) is 0. The molecule has 0 aliphatic rings. The first-order valence-electron chi connectivity index (χ1n) is 7.82. The predicted octanol–water partition coefficient (Wildman–Crippen LogP) is 3.11. The standard InChI is InChI=1S/C18H16IN3O3S/c19-15-6-8-16(9-7-15)26(23,24)20-12-13-25-18-11-10-17(21-22-18)14-4-2-1-3-5-14/h1-11,20H,12-13H2. The Morgan fingerprint density at radius 3 is 2.31 bits per heavy atom. The number of aromatic nitrogens is 2. The molecule has 26 heavy (non-hydrogen) atoms. The molecule has 3 rings (SSSR count). The molecular formula is C18H16IN3O3S. The molecule has 6 nitrogen and oxygen atoms in total. The number of nitrogens with one attached hydrogen (secondary N) is 1. The van der Waals surface area contributed by atoms with Gasteiger partial charge in [0.15, 0.2) is 0 Å². The van der Waals surface area contributed by atoms with Crippen LogP contribution in [0.1, 0.15) is 0 Å². The van der Waals surface area contributed by atoms with Crippen LogP contribution < -0.4 is 9.46 Å². The van der Waals surface area contributed by atoms with Crippen LogP contribution >= 0.6 is 22.6 Å². The lowest BCUT2D eigenvalue weighted by molar-refractivity contribution is 0.307. The topological polar surface area (TPSA) is 81.2 Å². The van der Waals surface area contributed by atoms with Crippen LogP contribution in [0.2, 0.25) is 0 Å². The van der Waals surface area contributed by atoms with Crippen molar-refractivity contribution in [2.45, 2.75) is 4.90 Å². The molecular weight excluding hydrogens is 465 g/mol. The molecule has 0 fully saturated rings. The number of rotatable bonds is 7. The summed E-state index contributed by atoms with van der Waals surface area (Å²) in [5.74, 6) is 0.346. The summed E-state index contributed by atoms with van der Waals surface area (Å²) in [4.78, 5) is 0.227. The third kappa shape index (κ3) is 4.99. The molecule has 1 aromatic heterocycles. The van der Waals surface area contributed by atoms with Crippen LogP contribution in [0.15, 0.2) is 71.6 Å². The number of nitrogens with zero attached hydrogens (tertiary/aromatic N) is 2. The van der Waals surface area contributed by atoms with Gasteiger partial charge in [0.25, 0.3) is 0 Å². The molecule has 0 atom stereocenters. The molecule has 0 amide bonds. The van der Waals surface area contributed by atoms with E-state index in [1.807, 2.05) is 36.4 Å². The van der Waals surface area contributed by atoms with E-state index in [4.69, 9.17) is 4.74 Å². The van der Waals surface area contributed by atoms with E-state index in [9.17, 15) is 8.42 Å². The zero-order chi connectivity index (χ0) is 18.4. The van der Waals surface area contributed by atoms with Crippen molar-refractivity contribution in [1.29, 1.82) is 0 Å². The van der Waals surface area contributed by atoms with Gasteiger partial charge in [0.2, 0.25) is 15.9 Å². The molecule has 0 saturated carbocycles. The van der Waals surface area contributed by atoms with Crippen molar-refractivity contribution in [3.8, 4) is 17.1 Å². The lowest BCUT2D eigenvalue weighted by atomic mass is 10.1. The highest BCUT2D eigenvalue weighted by atomic mass is 127. The van der Waals surface area contributed by atoms with Crippen LogP contribution in [0.4, 0.5) is 0 Å². The van der Waals surface area contributed by atoms with Crippen molar-refractivity contribution in [2.24, 2.45) is 0 Å². The fourth-order valence-electron chi connectivity index (χ4n) is 2.19. The van der Waals surface area contributed by atoms with Gasteiger partial charge in [-0.25, -0.2) is 13.1 Å².